The van der Waals surface area contributed by atoms with Gasteiger partial charge in [-0.1, -0.05) is 12.1 Å². The van der Waals surface area contributed by atoms with Gasteiger partial charge in [0, 0.05) is 36.9 Å². The molecule has 0 radical (unpaired) electrons. The summed E-state index contributed by atoms with van der Waals surface area (Å²) in [5.41, 5.74) is 0.423. The van der Waals surface area contributed by atoms with E-state index < -0.39 is 16.0 Å². The number of esters is 1. The van der Waals surface area contributed by atoms with Crippen LogP contribution < -0.4 is 9.47 Å². The second kappa shape index (κ2) is 9.66. The first kappa shape index (κ1) is 25.6. The number of sulfonamides is 1. The molecule has 1 aromatic carbocycles. The Morgan fingerprint density at radius 1 is 1.05 bits per heavy atom. The number of methoxy groups -OCH3 is 3. The molecule has 0 saturated carbocycles. The Morgan fingerprint density at radius 3 is 2.46 bits per heavy atom. The average molecular weight is 549 g/mol. The van der Waals surface area contributed by atoms with Gasteiger partial charge in [0.2, 0.25) is 0 Å². The third kappa shape index (κ3) is 4.36. The predicted octanol–water partition coefficient (Wildman–Crippen LogP) is 3.62. The summed E-state index contributed by atoms with van der Waals surface area (Å²) >= 11 is 0.952. The molecule has 3 aromatic rings. The molecule has 37 heavy (non-hydrogen) atoms. The van der Waals surface area contributed by atoms with Crippen molar-refractivity contribution in [3.63, 3.8) is 0 Å². The number of piperidine rings is 1. The normalized spacial score (nSPS) is 17.9. The van der Waals surface area contributed by atoms with Gasteiger partial charge in [0.1, 0.15) is 5.56 Å². The quantitative estimate of drug-likeness (QED) is 0.429. The lowest BCUT2D eigenvalue weighted by Crippen LogP contribution is -2.44. The first-order valence-electron chi connectivity index (χ1n) is 11.8. The van der Waals surface area contributed by atoms with Gasteiger partial charge in [0.15, 0.2) is 27.1 Å². The second-order valence-corrected chi connectivity index (χ2v) is 12.3. The van der Waals surface area contributed by atoms with Gasteiger partial charge in [-0.15, -0.1) is 11.3 Å². The van der Waals surface area contributed by atoms with Crippen LogP contribution in [0, 0.1) is 5.41 Å². The van der Waals surface area contributed by atoms with Crippen molar-refractivity contribution in [2.24, 2.45) is 5.41 Å². The van der Waals surface area contributed by atoms with Crippen LogP contribution in [0.5, 0.6) is 11.5 Å². The highest BCUT2D eigenvalue weighted by atomic mass is 32.2. The van der Waals surface area contributed by atoms with Gasteiger partial charge in [0.25, 0.3) is 15.9 Å². The van der Waals surface area contributed by atoms with Gasteiger partial charge in [-0.3, -0.25) is 4.79 Å². The maximum atomic E-state index is 13.5. The molecule has 0 unspecified atom stereocenters. The monoisotopic (exact) mass is 548 g/mol. The summed E-state index contributed by atoms with van der Waals surface area (Å²) in [7, 11) is 0.269. The van der Waals surface area contributed by atoms with Crippen LogP contribution >= 0.6 is 11.3 Å². The van der Waals surface area contributed by atoms with Crippen molar-refractivity contribution in [2.45, 2.75) is 23.5 Å². The van der Waals surface area contributed by atoms with Crippen molar-refractivity contribution < 1.29 is 36.6 Å². The number of likely N-dealkylation sites (tertiary alicyclic amines) is 1. The summed E-state index contributed by atoms with van der Waals surface area (Å²) in [4.78, 5) is 26.9. The molecule has 1 spiro atoms. The number of fused-ring (bicyclic) bond motifs is 1. The molecule has 2 aliphatic heterocycles. The summed E-state index contributed by atoms with van der Waals surface area (Å²) < 4.78 is 49.6. The number of ether oxygens (including phenoxy) is 3. The standard InChI is InChI=1S/C25H28N2O8S2/c1-32-18-6-4-5-16-13-19(35-20(16)18)22(28)26-10-7-25(8-11-26)9-12-27(15-25)37(30,31)24-21(33-2)17(14-36-24)23(29)34-3/h4-6,13-14H,7-12,15H2,1-3H3. The van der Waals surface area contributed by atoms with Crippen molar-refractivity contribution in [2.75, 3.05) is 47.5 Å². The summed E-state index contributed by atoms with van der Waals surface area (Å²) in [6.07, 6.45) is 2.07. The fourth-order valence-corrected chi connectivity index (χ4v) is 8.33. The Bertz CT molecular complexity index is 1450. The first-order valence-corrected chi connectivity index (χ1v) is 14.1. The van der Waals surface area contributed by atoms with Gasteiger partial charge in [-0.2, -0.15) is 4.31 Å². The van der Waals surface area contributed by atoms with Crippen LogP contribution in [-0.4, -0.2) is 77.0 Å². The van der Waals surface area contributed by atoms with E-state index in [-0.39, 0.29) is 32.6 Å². The number of benzene rings is 1. The topological polar surface area (TPSA) is 116 Å². The van der Waals surface area contributed by atoms with E-state index >= 15 is 0 Å². The van der Waals surface area contributed by atoms with Crippen LogP contribution in [0.25, 0.3) is 11.0 Å². The zero-order valence-electron chi connectivity index (χ0n) is 20.8. The number of carbonyl (C=O) groups excluding carboxylic acids is 2. The van der Waals surface area contributed by atoms with Crippen molar-refractivity contribution in [1.82, 2.24) is 9.21 Å². The lowest BCUT2D eigenvalue weighted by molar-refractivity contribution is 0.0569. The van der Waals surface area contributed by atoms with Crippen molar-refractivity contribution in [3.8, 4) is 11.5 Å². The Kier molecular flexibility index (Phi) is 6.67. The largest absolute Gasteiger partial charge is 0.494 e. The van der Waals surface area contributed by atoms with Crippen LogP contribution in [0.3, 0.4) is 0 Å². The lowest BCUT2D eigenvalue weighted by Gasteiger charge is -2.39. The highest BCUT2D eigenvalue weighted by Gasteiger charge is 2.46. The van der Waals surface area contributed by atoms with Crippen molar-refractivity contribution >= 4 is 44.2 Å². The van der Waals surface area contributed by atoms with E-state index in [2.05, 4.69) is 0 Å². The number of para-hydroxylation sites is 1. The third-order valence-electron chi connectivity index (χ3n) is 7.35. The van der Waals surface area contributed by atoms with Crippen molar-refractivity contribution in [1.29, 1.82) is 0 Å². The SMILES string of the molecule is COC(=O)c1csc(S(=O)(=O)N2CCC3(CCN(C(=O)c4cc5cccc(OC)c5o4)CC3)C2)c1OC. The number of thiophene rings is 1. The van der Waals surface area contributed by atoms with Gasteiger partial charge >= 0.3 is 5.97 Å². The van der Waals surface area contributed by atoms with E-state index in [9.17, 15) is 18.0 Å². The Morgan fingerprint density at radius 2 is 1.78 bits per heavy atom. The number of hydrogen-bond acceptors (Lipinski definition) is 9. The summed E-state index contributed by atoms with van der Waals surface area (Å²) in [6.45, 7) is 1.74. The smallest absolute Gasteiger partial charge is 0.342 e. The van der Waals surface area contributed by atoms with Gasteiger partial charge in [-0.05, 0) is 36.8 Å². The van der Waals surface area contributed by atoms with Crippen LogP contribution in [0.2, 0.25) is 0 Å². The van der Waals surface area contributed by atoms with Gasteiger partial charge < -0.3 is 23.5 Å². The molecule has 0 atom stereocenters. The minimum atomic E-state index is -3.86. The molecule has 2 fully saturated rings. The second-order valence-electron chi connectivity index (χ2n) is 9.33. The fourth-order valence-electron chi connectivity index (χ4n) is 5.22. The third-order valence-corrected chi connectivity index (χ3v) is 10.7. The molecule has 2 aliphatic rings. The molecule has 1 amide bonds. The summed E-state index contributed by atoms with van der Waals surface area (Å²) in [6, 6.07) is 7.23. The number of amides is 1. The van der Waals surface area contributed by atoms with E-state index in [1.54, 1.807) is 24.1 Å². The Balaban J connectivity index is 1.28. The molecule has 10 nitrogen and oxygen atoms in total. The average Bonchev–Trinajstić information content (AvgIpc) is 3.65. The number of rotatable bonds is 6. The maximum absolute atomic E-state index is 13.5. The van der Waals surface area contributed by atoms with Crippen molar-refractivity contribution in [3.05, 3.63) is 41.0 Å². The molecule has 5 rings (SSSR count). The zero-order valence-corrected chi connectivity index (χ0v) is 22.4. The highest BCUT2D eigenvalue weighted by molar-refractivity contribution is 7.91. The molecule has 4 heterocycles. The van der Waals surface area contributed by atoms with Crippen LogP contribution in [-0.2, 0) is 14.8 Å². The summed E-state index contributed by atoms with van der Waals surface area (Å²) in [5, 5.41) is 2.24. The van der Waals surface area contributed by atoms with E-state index in [0.717, 1.165) is 16.7 Å². The van der Waals surface area contributed by atoms with Crippen LogP contribution in [0.4, 0.5) is 0 Å². The number of carbonyl (C=O) groups is 2. The molecular weight excluding hydrogens is 520 g/mol. The molecule has 0 N–H and O–H groups in total. The maximum Gasteiger partial charge on any atom is 0.342 e. The minimum Gasteiger partial charge on any atom is -0.494 e. The van der Waals surface area contributed by atoms with E-state index in [4.69, 9.17) is 18.6 Å². The van der Waals surface area contributed by atoms with Gasteiger partial charge in [-0.25, -0.2) is 13.2 Å². The molecule has 12 heteroatoms. The van der Waals surface area contributed by atoms with Crippen LogP contribution in [0.15, 0.2) is 38.3 Å². The zero-order chi connectivity index (χ0) is 26.4. The molecule has 0 bridgehead atoms. The number of nitrogens with zero attached hydrogens (tertiary/aromatic N) is 2. The molecule has 0 aliphatic carbocycles. The Hall–Kier alpha value is -3.09. The number of hydrogen-bond donors (Lipinski definition) is 0. The van der Waals surface area contributed by atoms with E-state index in [1.165, 1.54) is 23.9 Å². The first-order chi connectivity index (χ1) is 17.7. The Labute approximate surface area is 218 Å². The molecule has 2 aromatic heterocycles. The summed E-state index contributed by atoms with van der Waals surface area (Å²) in [5.74, 6) is 0.0158. The molecule has 2 saturated heterocycles. The highest BCUT2D eigenvalue weighted by Crippen LogP contribution is 2.45. The molecular formula is C25H28N2O8S2. The molecule has 198 valence electrons. The number of furan rings is 1. The van der Waals surface area contributed by atoms with E-state index in [0.29, 0.717) is 56.8 Å². The lowest BCUT2D eigenvalue weighted by atomic mass is 9.78. The minimum absolute atomic E-state index is 0.000349. The van der Waals surface area contributed by atoms with E-state index in [1.807, 2.05) is 12.1 Å². The predicted molar refractivity (Wildman–Crippen MR) is 136 cm³/mol. The van der Waals surface area contributed by atoms with Crippen LogP contribution in [0.1, 0.15) is 40.2 Å². The van der Waals surface area contributed by atoms with Gasteiger partial charge in [0.05, 0.1) is 21.3 Å². The fraction of sp³-hybridized carbons (Fsp3) is 0.440.